The lowest BCUT2D eigenvalue weighted by Gasteiger charge is -2.04. The van der Waals surface area contributed by atoms with Gasteiger partial charge < -0.3 is 5.32 Å². The number of hydrogen-bond acceptors (Lipinski definition) is 4. The second kappa shape index (κ2) is 7.32. The summed E-state index contributed by atoms with van der Waals surface area (Å²) in [5.74, 6) is -0.719. The molecule has 0 atom stereocenters. The van der Waals surface area contributed by atoms with Crippen molar-refractivity contribution in [3.05, 3.63) is 71.0 Å². The first-order chi connectivity index (χ1) is 12.8. The number of benzene rings is 2. The molecule has 140 valence electrons. The minimum atomic E-state index is -3.82. The van der Waals surface area contributed by atoms with Gasteiger partial charge in [0.15, 0.2) is 0 Å². The summed E-state index contributed by atoms with van der Waals surface area (Å²) in [5, 5.41) is 2.70. The van der Waals surface area contributed by atoms with Gasteiger partial charge in [-0.3, -0.25) is 14.5 Å². The molecule has 1 aliphatic heterocycles. The Morgan fingerprint density at radius 1 is 1.07 bits per heavy atom. The molecule has 2 N–H and O–H groups in total. The highest BCUT2D eigenvalue weighted by molar-refractivity contribution is 8.00. The van der Waals surface area contributed by atoms with E-state index in [4.69, 9.17) is 0 Å². The number of amidine groups is 1. The normalized spacial score (nSPS) is 17.1. The smallest absolute Gasteiger partial charge is 0.264 e. The van der Waals surface area contributed by atoms with Crippen LogP contribution in [0.1, 0.15) is 18.1 Å². The predicted molar refractivity (Wildman–Crippen MR) is 103 cm³/mol. The lowest BCUT2D eigenvalue weighted by Crippen LogP contribution is -2.25. The zero-order valence-corrected chi connectivity index (χ0v) is 15.6. The Hall–Kier alpha value is -3.00. The minimum absolute atomic E-state index is 0.0280. The summed E-state index contributed by atoms with van der Waals surface area (Å²) in [5.41, 5.74) is 2.44. The van der Waals surface area contributed by atoms with Crippen LogP contribution in [0.3, 0.4) is 0 Å². The average Bonchev–Trinajstić information content (AvgIpc) is 2.85. The molecule has 0 spiro atoms. The Morgan fingerprint density at radius 2 is 1.70 bits per heavy atom. The van der Waals surface area contributed by atoms with Crippen LogP contribution in [0.4, 0.5) is 10.1 Å². The zero-order chi connectivity index (χ0) is 19.6. The summed E-state index contributed by atoms with van der Waals surface area (Å²) in [7, 11) is -3.82. The molecule has 1 heterocycles. The molecule has 0 radical (unpaired) electrons. The van der Waals surface area contributed by atoms with Gasteiger partial charge in [0, 0.05) is 11.3 Å². The van der Waals surface area contributed by atoms with E-state index in [-0.39, 0.29) is 23.2 Å². The molecule has 1 aliphatic rings. The number of sulfonamides is 1. The van der Waals surface area contributed by atoms with Crippen molar-refractivity contribution >= 4 is 32.4 Å². The van der Waals surface area contributed by atoms with Gasteiger partial charge in [-0.1, -0.05) is 29.8 Å². The number of amides is 1. The number of aryl methyl sites for hydroxylation is 1. The van der Waals surface area contributed by atoms with Crippen LogP contribution in [0.2, 0.25) is 0 Å². The number of rotatable bonds is 4. The maximum absolute atomic E-state index is 13.1. The fraction of sp³-hybridized carbons (Fsp3) is 0.158. The first kappa shape index (κ1) is 18.8. The molecule has 3 rings (SSSR count). The van der Waals surface area contributed by atoms with Gasteiger partial charge in [-0.2, -0.15) is 0 Å². The molecule has 0 aromatic heterocycles. The van der Waals surface area contributed by atoms with Gasteiger partial charge in [0.2, 0.25) is 5.91 Å². The summed E-state index contributed by atoms with van der Waals surface area (Å²) in [6.45, 7) is 3.30. The van der Waals surface area contributed by atoms with Gasteiger partial charge in [-0.05, 0) is 43.7 Å². The Morgan fingerprint density at radius 3 is 2.33 bits per heavy atom. The maximum Gasteiger partial charge on any atom is 0.264 e. The lowest BCUT2D eigenvalue weighted by molar-refractivity contribution is -0.114. The van der Waals surface area contributed by atoms with Crippen LogP contribution in [0.5, 0.6) is 0 Å². The molecular formula is C19H18FN3O3S. The van der Waals surface area contributed by atoms with Crippen molar-refractivity contribution < 1.29 is 17.6 Å². The summed E-state index contributed by atoms with van der Waals surface area (Å²) < 4.78 is 40.2. The van der Waals surface area contributed by atoms with Crippen molar-refractivity contribution in [2.24, 2.45) is 4.99 Å². The predicted octanol–water partition coefficient (Wildman–Crippen LogP) is 2.84. The van der Waals surface area contributed by atoms with Crippen molar-refractivity contribution in [1.82, 2.24) is 4.72 Å². The quantitative estimate of drug-likeness (QED) is 0.846. The van der Waals surface area contributed by atoms with Crippen molar-refractivity contribution in [3.8, 4) is 0 Å². The van der Waals surface area contributed by atoms with Gasteiger partial charge in [0.25, 0.3) is 10.0 Å². The standard InChI is InChI=1S/C19H18FN3O3S/c1-12-3-9-16(10-4-12)22-17(24)11-21-19-13(2)18(27(25,26)23-19)14-5-7-15(20)8-6-14/h3-10H,11H2,1-2H3,(H,21,23)(H,22,24). The van der Waals surface area contributed by atoms with Crippen LogP contribution >= 0.6 is 0 Å². The van der Waals surface area contributed by atoms with Crippen LogP contribution < -0.4 is 10.0 Å². The topological polar surface area (TPSA) is 87.6 Å². The van der Waals surface area contributed by atoms with Gasteiger partial charge in [0.05, 0.1) is 0 Å². The number of nitrogens with zero attached hydrogens (tertiary/aromatic N) is 1. The molecule has 6 nitrogen and oxygen atoms in total. The van der Waals surface area contributed by atoms with Gasteiger partial charge >= 0.3 is 0 Å². The minimum Gasteiger partial charge on any atom is -0.324 e. The molecule has 2 aromatic carbocycles. The van der Waals surface area contributed by atoms with Crippen LogP contribution in [0.25, 0.3) is 4.91 Å². The lowest BCUT2D eigenvalue weighted by atomic mass is 10.1. The Bertz CT molecular complexity index is 1040. The highest BCUT2D eigenvalue weighted by Crippen LogP contribution is 2.29. The molecule has 1 amide bonds. The van der Waals surface area contributed by atoms with Gasteiger partial charge in [-0.15, -0.1) is 0 Å². The third kappa shape index (κ3) is 4.22. The number of hydrogen-bond donors (Lipinski definition) is 2. The van der Waals surface area contributed by atoms with E-state index in [0.717, 1.165) is 5.56 Å². The SMILES string of the molecule is CC1=C(c2ccc(F)cc2)S(=O)(=O)NC1=NCC(=O)Nc1ccc(C)cc1. The third-order valence-electron chi connectivity index (χ3n) is 4.02. The highest BCUT2D eigenvalue weighted by Gasteiger charge is 2.32. The first-order valence-electron chi connectivity index (χ1n) is 8.17. The second-order valence-corrected chi connectivity index (χ2v) is 7.76. The monoisotopic (exact) mass is 387 g/mol. The number of nitrogens with one attached hydrogen (secondary N) is 2. The van der Waals surface area contributed by atoms with Crippen LogP contribution in [0.15, 0.2) is 59.1 Å². The number of carbonyl (C=O) groups is 1. The largest absolute Gasteiger partial charge is 0.324 e. The Balaban J connectivity index is 1.79. The summed E-state index contributed by atoms with van der Waals surface area (Å²) >= 11 is 0. The number of halogens is 1. The zero-order valence-electron chi connectivity index (χ0n) is 14.8. The van der Waals surface area contributed by atoms with Crippen molar-refractivity contribution in [2.45, 2.75) is 13.8 Å². The molecule has 0 bridgehead atoms. The molecule has 0 saturated carbocycles. The Kier molecular flexibility index (Phi) is 5.09. The van der Waals surface area contributed by atoms with Crippen LogP contribution in [-0.4, -0.2) is 26.7 Å². The third-order valence-corrected chi connectivity index (χ3v) is 5.56. The number of carbonyl (C=O) groups excluding carboxylic acids is 1. The van der Waals surface area contributed by atoms with E-state index in [1.54, 1.807) is 19.1 Å². The van der Waals surface area contributed by atoms with E-state index >= 15 is 0 Å². The molecule has 8 heteroatoms. The summed E-state index contributed by atoms with van der Waals surface area (Å²) in [4.78, 5) is 16.2. The second-order valence-electron chi connectivity index (χ2n) is 6.15. The first-order valence-corrected chi connectivity index (χ1v) is 9.65. The average molecular weight is 387 g/mol. The number of anilines is 1. The van der Waals surface area contributed by atoms with Gasteiger partial charge in [-0.25, -0.2) is 12.8 Å². The molecule has 0 saturated heterocycles. The van der Waals surface area contributed by atoms with E-state index in [0.29, 0.717) is 16.8 Å². The summed E-state index contributed by atoms with van der Waals surface area (Å²) in [6.07, 6.45) is 0. The molecule has 0 fully saturated rings. The van der Waals surface area contributed by atoms with Gasteiger partial charge in [0.1, 0.15) is 23.1 Å². The number of aliphatic imine (C=N–C) groups is 1. The Labute approximate surface area is 156 Å². The van der Waals surface area contributed by atoms with Crippen LogP contribution in [-0.2, 0) is 14.8 Å². The molecule has 27 heavy (non-hydrogen) atoms. The van der Waals surface area contributed by atoms with Crippen molar-refractivity contribution in [2.75, 3.05) is 11.9 Å². The van der Waals surface area contributed by atoms with E-state index in [2.05, 4.69) is 15.0 Å². The van der Waals surface area contributed by atoms with Crippen molar-refractivity contribution in [3.63, 3.8) is 0 Å². The molecular weight excluding hydrogens is 369 g/mol. The van der Waals surface area contributed by atoms with Crippen LogP contribution in [0, 0.1) is 12.7 Å². The molecule has 2 aromatic rings. The van der Waals surface area contributed by atoms with E-state index in [9.17, 15) is 17.6 Å². The fourth-order valence-electron chi connectivity index (χ4n) is 2.68. The van der Waals surface area contributed by atoms with E-state index < -0.39 is 15.8 Å². The highest BCUT2D eigenvalue weighted by atomic mass is 32.2. The maximum atomic E-state index is 13.1. The fourth-order valence-corrected chi connectivity index (χ4v) is 4.20. The van der Waals surface area contributed by atoms with Crippen molar-refractivity contribution in [1.29, 1.82) is 0 Å². The molecule has 0 unspecified atom stereocenters. The van der Waals surface area contributed by atoms with E-state index in [1.165, 1.54) is 24.3 Å². The summed E-state index contributed by atoms with van der Waals surface area (Å²) in [6, 6.07) is 12.4. The van der Waals surface area contributed by atoms with E-state index in [1.807, 2.05) is 19.1 Å². The molecule has 0 aliphatic carbocycles.